The Morgan fingerprint density at radius 3 is 1.10 bits per heavy atom. The first-order valence-corrected chi connectivity index (χ1v) is 35.2. The van der Waals surface area contributed by atoms with Gasteiger partial charge in [-0.2, -0.15) is 0 Å². The molecule has 468 valence electrons. The van der Waals surface area contributed by atoms with Crippen LogP contribution in [0.5, 0.6) is 0 Å². The number of unbranched alkanes of at least 4 members (excludes halogenated alkanes) is 32. The number of nitrogens with one attached hydrogen (secondary N) is 1. The van der Waals surface area contributed by atoms with Gasteiger partial charge in [0.25, 0.3) is 7.82 Å². The molecule has 9 heteroatoms. The quantitative estimate of drug-likeness (QED) is 0.0272. The molecule has 2 N–H and O–H groups in total. The number of quaternary nitrogens is 1. The summed E-state index contributed by atoms with van der Waals surface area (Å²) in [4.78, 5) is 25.6. The molecular weight excluding hydrogens is 1020 g/mol. The summed E-state index contributed by atoms with van der Waals surface area (Å²) in [6, 6.07) is -0.900. The molecule has 0 saturated carbocycles. The summed E-state index contributed by atoms with van der Waals surface area (Å²) in [7, 11) is 1.25. The average Bonchev–Trinajstić information content (AvgIpc) is 3.43. The second kappa shape index (κ2) is 61.7. The van der Waals surface area contributed by atoms with Gasteiger partial charge in [0.15, 0.2) is 0 Å². The van der Waals surface area contributed by atoms with Crippen LogP contribution >= 0.6 is 7.82 Å². The van der Waals surface area contributed by atoms with Crippen molar-refractivity contribution < 1.29 is 32.9 Å². The van der Waals surface area contributed by atoms with Gasteiger partial charge in [-0.05, 0) is 83.5 Å². The Balaban J connectivity index is 4.17. The fraction of sp³-hybridized carbons (Fsp3) is 0.736. The molecule has 0 bridgehead atoms. The lowest BCUT2D eigenvalue weighted by Gasteiger charge is -2.29. The molecule has 0 aromatic rings. The Morgan fingerprint density at radius 2 is 0.753 bits per heavy atom. The van der Waals surface area contributed by atoms with E-state index < -0.39 is 20.0 Å². The number of aliphatic hydroxyl groups excluding tert-OH is 1. The molecule has 0 heterocycles. The second-order valence-electron chi connectivity index (χ2n) is 23.8. The van der Waals surface area contributed by atoms with E-state index in [2.05, 4.69) is 116 Å². The van der Waals surface area contributed by atoms with Crippen LogP contribution in [0.4, 0.5) is 0 Å². The number of phosphoric acid groups is 1. The predicted molar refractivity (Wildman–Crippen MR) is 352 cm³/mol. The van der Waals surface area contributed by atoms with Crippen LogP contribution in [-0.4, -0.2) is 68.5 Å². The zero-order chi connectivity index (χ0) is 59.1. The van der Waals surface area contributed by atoms with Crippen molar-refractivity contribution in [3.8, 4) is 0 Å². The first-order chi connectivity index (χ1) is 39.5. The molecule has 0 fully saturated rings. The van der Waals surface area contributed by atoms with Crippen LogP contribution in [0.3, 0.4) is 0 Å². The molecule has 0 aromatic carbocycles. The number of likely N-dealkylation sites (N-methyl/N-ethyl adjacent to an activating group) is 1. The van der Waals surface area contributed by atoms with Gasteiger partial charge in [0.1, 0.15) is 13.2 Å². The van der Waals surface area contributed by atoms with Crippen molar-refractivity contribution in [2.45, 2.75) is 302 Å². The molecule has 0 rings (SSSR count). The molecule has 0 saturated heterocycles. The molecule has 3 unspecified atom stereocenters. The number of hydrogen-bond acceptors (Lipinski definition) is 6. The molecule has 3 atom stereocenters. The van der Waals surface area contributed by atoms with E-state index in [1.54, 1.807) is 6.08 Å². The maximum absolute atomic E-state index is 13.0. The molecular formula is C72H129N2O6P. The number of carbonyl (C=O) groups is 1. The largest absolute Gasteiger partial charge is 0.756 e. The Labute approximate surface area is 501 Å². The topological polar surface area (TPSA) is 108 Å². The summed E-state index contributed by atoms with van der Waals surface area (Å²) in [5.41, 5.74) is 0. The summed E-state index contributed by atoms with van der Waals surface area (Å²) < 4.78 is 23.4. The van der Waals surface area contributed by atoms with Crippen molar-refractivity contribution in [1.29, 1.82) is 0 Å². The molecule has 0 spiro atoms. The maximum atomic E-state index is 13.0. The molecule has 0 aromatic heterocycles. The normalized spacial score (nSPS) is 14.4. The van der Waals surface area contributed by atoms with Crippen molar-refractivity contribution in [2.75, 3.05) is 40.9 Å². The maximum Gasteiger partial charge on any atom is 0.268 e. The minimum absolute atomic E-state index is 0.00750. The van der Waals surface area contributed by atoms with E-state index in [1.807, 2.05) is 27.2 Å². The third-order valence-electron chi connectivity index (χ3n) is 14.7. The number of phosphoric ester groups is 1. The van der Waals surface area contributed by atoms with Crippen LogP contribution in [-0.2, 0) is 18.4 Å². The van der Waals surface area contributed by atoms with Gasteiger partial charge in [0, 0.05) is 6.42 Å². The molecule has 0 aliphatic carbocycles. The Hall–Kier alpha value is -2.84. The Morgan fingerprint density at radius 1 is 0.444 bits per heavy atom. The summed E-state index contributed by atoms with van der Waals surface area (Å²) in [6.45, 7) is 4.55. The number of aliphatic hydroxyl groups is 1. The number of rotatable bonds is 61. The van der Waals surface area contributed by atoms with E-state index in [4.69, 9.17) is 9.05 Å². The molecule has 1 amide bonds. The first-order valence-electron chi connectivity index (χ1n) is 33.7. The van der Waals surface area contributed by atoms with Gasteiger partial charge in [0.2, 0.25) is 5.91 Å². The lowest BCUT2D eigenvalue weighted by molar-refractivity contribution is -0.870. The first kappa shape index (κ1) is 78.2. The van der Waals surface area contributed by atoms with Gasteiger partial charge in [0.05, 0.1) is 39.9 Å². The summed E-state index contributed by atoms with van der Waals surface area (Å²) >= 11 is 0. The zero-order valence-electron chi connectivity index (χ0n) is 53.5. The van der Waals surface area contributed by atoms with Crippen LogP contribution in [0.1, 0.15) is 290 Å². The van der Waals surface area contributed by atoms with Crippen LogP contribution in [0.15, 0.2) is 109 Å². The lowest BCUT2D eigenvalue weighted by atomic mass is 10.0. The Bertz CT molecular complexity index is 1690. The number of allylic oxidation sites excluding steroid dienone is 17. The minimum atomic E-state index is -4.61. The third kappa shape index (κ3) is 64.6. The SMILES string of the molecule is CC/C=C\C/C=C\C/C=C\C/C=C\C/C=C\C/C=C\C/C=C\C/C=C\CCCCCCCCCCC(=O)NC(COP(=O)([O-])OCC[N+](C)(C)C)C(O)/C=C/CCCCCCCCCCCCCCCCCCCCCCCCCC. The van der Waals surface area contributed by atoms with Crippen LogP contribution < -0.4 is 10.2 Å². The smallest absolute Gasteiger partial charge is 0.268 e. The fourth-order valence-corrected chi connectivity index (χ4v) is 10.2. The van der Waals surface area contributed by atoms with Crippen LogP contribution in [0.25, 0.3) is 0 Å². The molecule has 81 heavy (non-hydrogen) atoms. The highest BCUT2D eigenvalue weighted by molar-refractivity contribution is 7.45. The highest BCUT2D eigenvalue weighted by atomic mass is 31.2. The third-order valence-corrected chi connectivity index (χ3v) is 15.7. The van der Waals surface area contributed by atoms with Crippen molar-refractivity contribution >= 4 is 13.7 Å². The molecule has 0 aliphatic rings. The van der Waals surface area contributed by atoms with E-state index in [9.17, 15) is 19.4 Å². The average molecular weight is 1150 g/mol. The summed E-state index contributed by atoms with van der Waals surface area (Å²) in [5, 5.41) is 14.0. The molecule has 0 radical (unpaired) electrons. The van der Waals surface area contributed by atoms with E-state index >= 15 is 0 Å². The molecule has 0 aliphatic heterocycles. The lowest BCUT2D eigenvalue weighted by Crippen LogP contribution is -2.45. The van der Waals surface area contributed by atoms with Gasteiger partial charge in [-0.3, -0.25) is 9.36 Å². The van der Waals surface area contributed by atoms with Gasteiger partial charge < -0.3 is 28.8 Å². The number of hydrogen-bond donors (Lipinski definition) is 2. The Kier molecular flexibility index (Phi) is 59.5. The monoisotopic (exact) mass is 1150 g/mol. The standard InChI is InChI=1S/C72H129N2O6P/c1-6-8-10-12-14-16-18-20-22-24-26-28-30-32-34-35-36-37-38-39-40-42-44-46-48-50-52-54-56-58-60-62-64-66-72(76)73-70(69-80-81(77,78)79-68-67-74(3,4)5)71(75)65-63-61-59-57-55-53-51-49-47-45-43-41-33-31-29-27-25-23-21-19-17-15-13-11-9-7-2/h8,10,14,16,20,22,26,28,32,34,36-37,39-40,44,46,63,65,70-71,75H,6-7,9,11-13,15,17-19,21,23-25,27,29-31,33,35,38,41-43,45,47-62,64,66-69H2,1-5H3,(H-,73,76,77,78)/b10-8-,16-14-,22-20-,28-26-,34-32-,37-36-,40-39-,46-44-,65-63+. The summed E-state index contributed by atoms with van der Waals surface area (Å²) in [6.07, 6.45) is 90.4. The van der Waals surface area contributed by atoms with E-state index in [-0.39, 0.29) is 19.1 Å². The van der Waals surface area contributed by atoms with Gasteiger partial charge >= 0.3 is 0 Å². The van der Waals surface area contributed by atoms with E-state index in [0.717, 1.165) is 103 Å². The summed E-state index contributed by atoms with van der Waals surface area (Å²) in [5.74, 6) is -0.207. The zero-order valence-corrected chi connectivity index (χ0v) is 54.4. The highest BCUT2D eigenvalue weighted by Gasteiger charge is 2.23. The van der Waals surface area contributed by atoms with Crippen molar-refractivity contribution in [2.24, 2.45) is 0 Å². The fourth-order valence-electron chi connectivity index (χ4n) is 9.52. The molecule has 8 nitrogen and oxygen atoms in total. The van der Waals surface area contributed by atoms with Gasteiger partial charge in [-0.25, -0.2) is 0 Å². The van der Waals surface area contributed by atoms with Crippen LogP contribution in [0, 0.1) is 0 Å². The van der Waals surface area contributed by atoms with E-state index in [1.165, 1.54) is 167 Å². The van der Waals surface area contributed by atoms with Gasteiger partial charge in [-0.15, -0.1) is 0 Å². The number of nitrogens with zero attached hydrogens (tertiary/aromatic N) is 1. The van der Waals surface area contributed by atoms with Gasteiger partial charge in [-0.1, -0.05) is 309 Å². The van der Waals surface area contributed by atoms with Crippen LogP contribution in [0.2, 0.25) is 0 Å². The van der Waals surface area contributed by atoms with Crippen molar-refractivity contribution in [1.82, 2.24) is 5.32 Å². The number of amides is 1. The minimum Gasteiger partial charge on any atom is -0.756 e. The highest BCUT2D eigenvalue weighted by Crippen LogP contribution is 2.38. The van der Waals surface area contributed by atoms with E-state index in [0.29, 0.717) is 17.4 Å². The second-order valence-corrected chi connectivity index (χ2v) is 25.2. The van der Waals surface area contributed by atoms with Crippen molar-refractivity contribution in [3.63, 3.8) is 0 Å². The number of carbonyl (C=O) groups excluding carboxylic acids is 1. The predicted octanol–water partition coefficient (Wildman–Crippen LogP) is 20.9. The van der Waals surface area contributed by atoms with Crippen molar-refractivity contribution in [3.05, 3.63) is 109 Å².